The third-order valence-electron chi connectivity index (χ3n) is 2.30. The Morgan fingerprint density at radius 2 is 1.82 bits per heavy atom. The largest absolute Gasteiger partial charge is 0.456 e. The Balaban J connectivity index is 0.00000121. The minimum absolute atomic E-state index is 0.899. The molecular weight excluding hydrogens is 208 g/mol. The molecule has 1 heteroatoms. The van der Waals surface area contributed by atoms with E-state index in [1.54, 1.807) is 6.08 Å². The molecule has 1 nitrogen and oxygen atoms in total. The van der Waals surface area contributed by atoms with E-state index in [9.17, 15) is 0 Å². The molecule has 0 atom stereocenters. The molecule has 0 N–H and O–H groups in total. The Morgan fingerprint density at radius 1 is 1.24 bits per heavy atom. The quantitative estimate of drug-likeness (QED) is 0.756. The van der Waals surface area contributed by atoms with Crippen LogP contribution in [0.1, 0.15) is 45.9 Å². The van der Waals surface area contributed by atoms with E-state index in [4.69, 9.17) is 4.42 Å². The van der Waals surface area contributed by atoms with Crippen LogP contribution in [0.15, 0.2) is 23.1 Å². The van der Waals surface area contributed by atoms with E-state index in [1.165, 1.54) is 16.4 Å². The van der Waals surface area contributed by atoms with Gasteiger partial charge in [-0.15, -0.1) is 0 Å². The Morgan fingerprint density at radius 3 is 2.24 bits per heavy atom. The maximum absolute atomic E-state index is 5.75. The predicted molar refractivity (Wildman–Crippen MR) is 78.2 cm³/mol. The van der Waals surface area contributed by atoms with Crippen molar-refractivity contribution in [2.24, 2.45) is 0 Å². The summed E-state index contributed by atoms with van der Waals surface area (Å²) in [6, 6.07) is 0. The maximum atomic E-state index is 5.75. The van der Waals surface area contributed by atoms with Gasteiger partial charge in [-0.05, 0) is 39.8 Å². The van der Waals surface area contributed by atoms with E-state index in [2.05, 4.69) is 27.4 Å². The van der Waals surface area contributed by atoms with Gasteiger partial charge in [-0.3, -0.25) is 0 Å². The van der Waals surface area contributed by atoms with Gasteiger partial charge < -0.3 is 4.42 Å². The zero-order valence-corrected chi connectivity index (χ0v) is 11.9. The summed E-state index contributed by atoms with van der Waals surface area (Å²) in [7, 11) is 0. The summed E-state index contributed by atoms with van der Waals surface area (Å²) < 4.78 is 5.75. The highest BCUT2D eigenvalue weighted by molar-refractivity contribution is 5.53. The van der Waals surface area contributed by atoms with Crippen LogP contribution in [-0.4, -0.2) is 0 Å². The van der Waals surface area contributed by atoms with Crippen LogP contribution in [0.4, 0.5) is 0 Å². The van der Waals surface area contributed by atoms with Crippen LogP contribution < -0.4 is 10.6 Å². The Kier molecular flexibility index (Phi) is 7.04. The first kappa shape index (κ1) is 15.5. The minimum Gasteiger partial charge on any atom is -0.456 e. The van der Waals surface area contributed by atoms with Crippen molar-refractivity contribution in [1.29, 1.82) is 0 Å². The van der Waals surface area contributed by atoms with E-state index in [0.29, 0.717) is 0 Å². The smallest absolute Gasteiger partial charge is 0.134 e. The highest BCUT2D eigenvalue weighted by Crippen LogP contribution is 2.04. The van der Waals surface area contributed by atoms with Crippen molar-refractivity contribution in [1.82, 2.24) is 0 Å². The van der Waals surface area contributed by atoms with E-state index in [-0.39, 0.29) is 0 Å². The molecule has 0 spiro atoms. The monoisotopic (exact) mass is 232 g/mol. The normalized spacial score (nSPS) is 11.3. The average Bonchev–Trinajstić information content (AvgIpc) is 2.60. The maximum Gasteiger partial charge on any atom is 0.134 e. The van der Waals surface area contributed by atoms with Crippen LogP contribution in [0, 0.1) is 6.92 Å². The van der Waals surface area contributed by atoms with Gasteiger partial charge in [0, 0.05) is 10.8 Å². The zero-order chi connectivity index (χ0) is 13.4. The standard InChI is InChI=1S/C14H18O.C2H6/c1-6-8-12-11(5)14(10(3)4)13(15-12)9-7-2;1-2/h6-9H,2H2,1,3-5H3;1-2H3/b8-6-,13-9+;. The van der Waals surface area contributed by atoms with Crippen molar-refractivity contribution in [3.63, 3.8) is 0 Å². The number of rotatable bonds is 2. The van der Waals surface area contributed by atoms with Crippen molar-refractivity contribution in [2.45, 2.75) is 41.5 Å². The predicted octanol–water partition coefficient (Wildman–Crippen LogP) is 3.80. The molecule has 1 aromatic heterocycles. The lowest BCUT2D eigenvalue weighted by atomic mass is 10.1. The Labute approximate surface area is 105 Å². The van der Waals surface area contributed by atoms with Crippen LogP contribution in [-0.2, 0) is 0 Å². The molecule has 0 aromatic carbocycles. The molecule has 0 bridgehead atoms. The number of hydrogen-bond acceptors (Lipinski definition) is 1. The first-order chi connectivity index (χ1) is 8.11. The minimum atomic E-state index is 0.899. The molecule has 1 rings (SSSR count). The van der Waals surface area contributed by atoms with Crippen molar-refractivity contribution < 1.29 is 4.42 Å². The first-order valence-electron chi connectivity index (χ1n) is 6.14. The summed E-state index contributed by atoms with van der Waals surface area (Å²) in [6.07, 6.45) is 7.63. The van der Waals surface area contributed by atoms with E-state index in [0.717, 1.165) is 11.2 Å². The van der Waals surface area contributed by atoms with Crippen molar-refractivity contribution >= 4 is 17.7 Å². The summed E-state index contributed by atoms with van der Waals surface area (Å²) in [5.41, 5.74) is 3.36. The molecule has 0 saturated heterocycles. The lowest BCUT2D eigenvalue weighted by Gasteiger charge is -1.88. The lowest BCUT2D eigenvalue weighted by molar-refractivity contribution is 0.520. The topological polar surface area (TPSA) is 13.1 Å². The summed E-state index contributed by atoms with van der Waals surface area (Å²) in [4.78, 5) is 0. The van der Waals surface area contributed by atoms with Crippen LogP contribution in [0.5, 0.6) is 0 Å². The number of hydrogen-bond donors (Lipinski definition) is 0. The second-order valence-electron chi connectivity index (χ2n) is 3.73. The second kappa shape index (κ2) is 7.72. The van der Waals surface area contributed by atoms with Gasteiger partial charge in [0.1, 0.15) is 11.2 Å². The third kappa shape index (κ3) is 3.77. The molecule has 0 amide bonds. The van der Waals surface area contributed by atoms with Gasteiger partial charge in [-0.2, -0.15) is 0 Å². The number of furan rings is 1. The summed E-state index contributed by atoms with van der Waals surface area (Å²) in [5.74, 6) is 0.932. The number of allylic oxidation sites excluding steroid dienone is 2. The zero-order valence-electron chi connectivity index (χ0n) is 11.9. The Bertz CT molecular complexity index is 494. The van der Waals surface area contributed by atoms with Crippen LogP contribution in [0.2, 0.25) is 0 Å². The molecule has 0 aliphatic carbocycles. The van der Waals surface area contributed by atoms with Gasteiger partial charge in [0.25, 0.3) is 0 Å². The lowest BCUT2D eigenvalue weighted by Crippen LogP contribution is -2.23. The fourth-order valence-electron chi connectivity index (χ4n) is 1.71. The molecule has 0 fully saturated rings. The molecule has 17 heavy (non-hydrogen) atoms. The first-order valence-corrected chi connectivity index (χ1v) is 6.14. The summed E-state index contributed by atoms with van der Waals surface area (Å²) in [6.45, 7) is 16.0. The molecule has 94 valence electrons. The van der Waals surface area contributed by atoms with Gasteiger partial charge in [0.15, 0.2) is 0 Å². The molecule has 0 aliphatic heterocycles. The van der Waals surface area contributed by atoms with Crippen LogP contribution in [0.3, 0.4) is 0 Å². The molecule has 1 heterocycles. The SMILES string of the molecule is C=C/C=c1/oc(/C=C\C)c(C)c1=C(C)C.CC. The molecular formula is C16H24O. The fourth-order valence-corrected chi connectivity index (χ4v) is 1.71. The third-order valence-corrected chi connectivity index (χ3v) is 2.30. The molecule has 0 radical (unpaired) electrons. The highest BCUT2D eigenvalue weighted by atomic mass is 16.3. The summed E-state index contributed by atoms with van der Waals surface area (Å²) in [5, 5.41) is 1.20. The molecule has 0 aliphatic rings. The van der Waals surface area contributed by atoms with Gasteiger partial charge in [-0.1, -0.05) is 38.2 Å². The van der Waals surface area contributed by atoms with Crippen LogP contribution >= 0.6 is 0 Å². The second-order valence-corrected chi connectivity index (χ2v) is 3.73. The van der Waals surface area contributed by atoms with Gasteiger partial charge in [0.2, 0.25) is 0 Å². The van der Waals surface area contributed by atoms with Gasteiger partial charge >= 0.3 is 0 Å². The van der Waals surface area contributed by atoms with Gasteiger partial charge in [-0.25, -0.2) is 0 Å². The van der Waals surface area contributed by atoms with Crippen molar-refractivity contribution in [2.75, 3.05) is 0 Å². The Hall–Kier alpha value is -1.50. The molecule has 0 saturated carbocycles. The van der Waals surface area contributed by atoms with Crippen molar-refractivity contribution in [3.8, 4) is 0 Å². The average molecular weight is 232 g/mol. The van der Waals surface area contributed by atoms with Crippen molar-refractivity contribution in [3.05, 3.63) is 40.7 Å². The fraction of sp³-hybridized carbons (Fsp3) is 0.375. The van der Waals surface area contributed by atoms with Gasteiger partial charge in [0.05, 0.1) is 0 Å². The van der Waals surface area contributed by atoms with E-state index in [1.807, 2.05) is 39.0 Å². The molecule has 0 unspecified atom stereocenters. The molecule has 1 aromatic rings. The van der Waals surface area contributed by atoms with E-state index < -0.39 is 0 Å². The van der Waals surface area contributed by atoms with Crippen LogP contribution in [0.25, 0.3) is 17.7 Å². The summed E-state index contributed by atoms with van der Waals surface area (Å²) >= 11 is 0. The van der Waals surface area contributed by atoms with E-state index >= 15 is 0 Å². The highest BCUT2D eigenvalue weighted by Gasteiger charge is 2.04.